The summed E-state index contributed by atoms with van der Waals surface area (Å²) in [4.78, 5) is 23.0. The van der Waals surface area contributed by atoms with E-state index in [1.54, 1.807) is 19.2 Å². The number of aryl methyl sites for hydroxylation is 1. The molecule has 1 aromatic rings. The first-order valence-electron chi connectivity index (χ1n) is 7.11. The van der Waals surface area contributed by atoms with Crippen LogP contribution in [0.4, 0.5) is 0 Å². The van der Waals surface area contributed by atoms with Crippen LogP contribution >= 0.6 is 11.3 Å². The van der Waals surface area contributed by atoms with Gasteiger partial charge in [-0.05, 0) is 37.6 Å². The molecule has 1 aliphatic rings. The van der Waals surface area contributed by atoms with Gasteiger partial charge in [0.25, 0.3) is 0 Å². The number of rotatable bonds is 4. The third kappa shape index (κ3) is 3.26. The lowest BCUT2D eigenvalue weighted by atomic mass is 9.96. The second-order valence-electron chi connectivity index (χ2n) is 5.60. The summed E-state index contributed by atoms with van der Waals surface area (Å²) in [5.74, 6) is -2.45. The van der Waals surface area contributed by atoms with E-state index < -0.39 is 27.9 Å². The molecule has 1 aromatic heterocycles. The Labute approximate surface area is 138 Å². The number of carboxylic acid groups (broad SMARTS) is 1. The van der Waals surface area contributed by atoms with Gasteiger partial charge in [0.2, 0.25) is 10.0 Å². The average Bonchev–Trinajstić information content (AvgIpc) is 2.88. The minimum atomic E-state index is -3.97. The second kappa shape index (κ2) is 6.58. The van der Waals surface area contributed by atoms with Crippen molar-refractivity contribution in [1.29, 1.82) is 0 Å². The molecule has 128 valence electrons. The molecule has 7 nitrogen and oxygen atoms in total. The molecule has 0 radical (unpaired) electrons. The lowest BCUT2D eigenvalue weighted by molar-refractivity contribution is -0.143. The SMILES string of the molecule is COC(=O)c1scc(C)c1S(=O)(=O)N1CC(C(=O)O)CCC1C. The van der Waals surface area contributed by atoms with E-state index in [-0.39, 0.29) is 22.4 Å². The Hall–Kier alpha value is -1.45. The number of hydrogen-bond donors (Lipinski definition) is 1. The van der Waals surface area contributed by atoms with Crippen LogP contribution in [0.5, 0.6) is 0 Å². The van der Waals surface area contributed by atoms with E-state index in [1.165, 1.54) is 11.4 Å². The van der Waals surface area contributed by atoms with Crippen LogP contribution in [-0.2, 0) is 19.6 Å². The van der Waals surface area contributed by atoms with Crippen molar-refractivity contribution in [2.75, 3.05) is 13.7 Å². The van der Waals surface area contributed by atoms with Crippen molar-refractivity contribution >= 4 is 33.3 Å². The van der Waals surface area contributed by atoms with E-state index in [0.29, 0.717) is 18.4 Å². The number of hydrogen-bond acceptors (Lipinski definition) is 6. The van der Waals surface area contributed by atoms with Crippen LogP contribution in [-0.4, -0.2) is 49.5 Å². The molecule has 0 bridgehead atoms. The first-order chi connectivity index (χ1) is 10.7. The Morgan fingerprint density at radius 3 is 2.61 bits per heavy atom. The number of carboxylic acids is 1. The molecule has 1 N–H and O–H groups in total. The first kappa shape index (κ1) is 17.9. The maximum Gasteiger partial charge on any atom is 0.349 e. The number of thiophene rings is 1. The summed E-state index contributed by atoms with van der Waals surface area (Å²) in [7, 11) is -2.78. The van der Waals surface area contributed by atoms with E-state index in [9.17, 15) is 23.1 Å². The number of nitrogens with zero attached hydrogens (tertiary/aromatic N) is 1. The van der Waals surface area contributed by atoms with Gasteiger partial charge in [0.1, 0.15) is 9.77 Å². The molecule has 2 heterocycles. The number of aliphatic carboxylic acids is 1. The van der Waals surface area contributed by atoms with Crippen LogP contribution in [0.2, 0.25) is 0 Å². The van der Waals surface area contributed by atoms with Crippen LogP contribution < -0.4 is 0 Å². The van der Waals surface area contributed by atoms with Crippen molar-refractivity contribution in [1.82, 2.24) is 4.31 Å². The van der Waals surface area contributed by atoms with Gasteiger partial charge in [0, 0.05) is 12.6 Å². The molecular weight excluding hydrogens is 342 g/mol. The number of ether oxygens (including phenoxy) is 1. The van der Waals surface area contributed by atoms with Gasteiger partial charge in [-0.25, -0.2) is 13.2 Å². The maximum atomic E-state index is 13.0. The molecule has 9 heteroatoms. The first-order valence-corrected chi connectivity index (χ1v) is 9.43. The Balaban J connectivity index is 2.47. The molecule has 23 heavy (non-hydrogen) atoms. The molecule has 0 saturated carbocycles. The van der Waals surface area contributed by atoms with Gasteiger partial charge in [-0.15, -0.1) is 11.3 Å². The zero-order valence-electron chi connectivity index (χ0n) is 13.1. The Morgan fingerprint density at radius 2 is 2.04 bits per heavy atom. The number of carbonyl (C=O) groups is 2. The molecule has 0 amide bonds. The molecule has 2 rings (SSSR count). The van der Waals surface area contributed by atoms with Crippen molar-refractivity contribution in [3.05, 3.63) is 15.8 Å². The molecule has 2 unspecified atom stereocenters. The highest BCUT2D eigenvalue weighted by atomic mass is 32.2. The van der Waals surface area contributed by atoms with Crippen LogP contribution in [0.1, 0.15) is 35.0 Å². The minimum Gasteiger partial charge on any atom is -0.481 e. The molecule has 1 fully saturated rings. The molecule has 0 aliphatic carbocycles. The highest BCUT2D eigenvalue weighted by Gasteiger charge is 2.40. The average molecular weight is 361 g/mol. The monoisotopic (exact) mass is 361 g/mol. The lowest BCUT2D eigenvalue weighted by Gasteiger charge is -2.35. The van der Waals surface area contributed by atoms with Gasteiger partial charge in [-0.1, -0.05) is 0 Å². The van der Waals surface area contributed by atoms with Crippen LogP contribution in [0, 0.1) is 12.8 Å². The third-order valence-corrected chi connectivity index (χ3v) is 7.41. The fraction of sp³-hybridized carbons (Fsp3) is 0.571. The quantitative estimate of drug-likeness (QED) is 0.820. The van der Waals surface area contributed by atoms with E-state index >= 15 is 0 Å². The molecule has 1 saturated heterocycles. The highest BCUT2D eigenvalue weighted by Crippen LogP contribution is 2.34. The van der Waals surface area contributed by atoms with E-state index in [0.717, 1.165) is 11.3 Å². The van der Waals surface area contributed by atoms with Crippen LogP contribution in [0.15, 0.2) is 10.3 Å². The van der Waals surface area contributed by atoms with Crippen LogP contribution in [0.3, 0.4) is 0 Å². The Bertz CT molecular complexity index is 724. The Morgan fingerprint density at radius 1 is 1.39 bits per heavy atom. The topological polar surface area (TPSA) is 101 Å². The molecule has 0 aromatic carbocycles. The van der Waals surface area contributed by atoms with Crippen molar-refractivity contribution in [3.8, 4) is 0 Å². The summed E-state index contributed by atoms with van der Waals surface area (Å²) in [6, 6.07) is -0.319. The number of piperidine rings is 1. The number of sulfonamides is 1. The smallest absolute Gasteiger partial charge is 0.349 e. The molecule has 0 spiro atoms. The third-order valence-electron chi connectivity index (χ3n) is 4.03. The number of esters is 1. The predicted molar refractivity (Wildman–Crippen MR) is 84.1 cm³/mol. The number of methoxy groups -OCH3 is 1. The van der Waals surface area contributed by atoms with E-state index in [2.05, 4.69) is 4.74 Å². The highest BCUT2D eigenvalue weighted by molar-refractivity contribution is 7.89. The van der Waals surface area contributed by atoms with Gasteiger partial charge in [-0.3, -0.25) is 4.79 Å². The van der Waals surface area contributed by atoms with Gasteiger partial charge >= 0.3 is 11.9 Å². The van der Waals surface area contributed by atoms with Crippen molar-refractivity contribution < 1.29 is 27.9 Å². The zero-order valence-corrected chi connectivity index (χ0v) is 14.7. The van der Waals surface area contributed by atoms with Gasteiger partial charge in [-0.2, -0.15) is 4.31 Å². The summed E-state index contributed by atoms with van der Waals surface area (Å²) in [6.45, 7) is 3.27. The van der Waals surface area contributed by atoms with Gasteiger partial charge in [0.05, 0.1) is 13.0 Å². The maximum absolute atomic E-state index is 13.0. The lowest BCUT2D eigenvalue weighted by Crippen LogP contribution is -2.47. The number of carbonyl (C=O) groups excluding carboxylic acids is 1. The van der Waals surface area contributed by atoms with Crippen molar-refractivity contribution in [2.24, 2.45) is 5.92 Å². The molecule has 1 aliphatic heterocycles. The molecule has 2 atom stereocenters. The Kier molecular flexibility index (Phi) is 5.12. The predicted octanol–water partition coefficient (Wildman–Crippen LogP) is 1.72. The van der Waals surface area contributed by atoms with Gasteiger partial charge in [0.15, 0.2) is 0 Å². The summed E-state index contributed by atoms with van der Waals surface area (Å²) in [5.41, 5.74) is 0.458. The van der Waals surface area contributed by atoms with Crippen molar-refractivity contribution in [2.45, 2.75) is 37.6 Å². The minimum absolute atomic E-state index is 0.0228. The van der Waals surface area contributed by atoms with Gasteiger partial charge < -0.3 is 9.84 Å². The van der Waals surface area contributed by atoms with E-state index in [1.807, 2.05) is 0 Å². The second-order valence-corrected chi connectivity index (χ2v) is 8.31. The largest absolute Gasteiger partial charge is 0.481 e. The summed E-state index contributed by atoms with van der Waals surface area (Å²) < 4.78 is 31.9. The fourth-order valence-electron chi connectivity index (χ4n) is 2.72. The molecular formula is C14H19NO6S2. The summed E-state index contributed by atoms with van der Waals surface area (Å²) >= 11 is 1.01. The standard InChI is InChI=1S/C14H19NO6S2/c1-8-7-22-11(14(18)21-3)12(8)23(19,20)15-6-10(13(16)17)5-4-9(15)2/h7,9-10H,4-6H2,1-3H3,(H,16,17). The normalized spacial score (nSPS) is 22.7. The fourth-order valence-corrected chi connectivity index (χ4v) is 6.08. The van der Waals surface area contributed by atoms with E-state index in [4.69, 9.17) is 0 Å². The zero-order chi connectivity index (χ0) is 17.4. The summed E-state index contributed by atoms with van der Waals surface area (Å²) in [5, 5.41) is 10.8. The van der Waals surface area contributed by atoms with Crippen molar-refractivity contribution in [3.63, 3.8) is 0 Å². The summed E-state index contributed by atoms with van der Waals surface area (Å²) in [6.07, 6.45) is 0.905. The van der Waals surface area contributed by atoms with Crippen LogP contribution in [0.25, 0.3) is 0 Å².